The molecule has 30 heavy (non-hydrogen) atoms. The van der Waals surface area contributed by atoms with E-state index in [0.717, 1.165) is 13.8 Å². The average Bonchev–Trinajstić information content (AvgIpc) is 2.53. The predicted molar refractivity (Wildman–Crippen MR) is 108 cm³/mol. The van der Waals surface area contributed by atoms with Crippen LogP contribution in [-0.4, -0.2) is 64.7 Å². The first kappa shape index (κ1) is 26.7. The van der Waals surface area contributed by atoms with Gasteiger partial charge in [0.25, 0.3) is 9.70 Å². The van der Waals surface area contributed by atoms with Crippen molar-refractivity contribution < 1.29 is 38.1 Å². The molecule has 0 saturated carbocycles. The lowest BCUT2D eigenvalue weighted by Gasteiger charge is -2.49. The van der Waals surface area contributed by atoms with E-state index >= 15 is 0 Å². The zero-order chi connectivity index (χ0) is 23.4. The highest BCUT2D eigenvalue weighted by molar-refractivity contribution is 6.76. The molecule has 0 radical (unpaired) electrons. The maximum Gasteiger partial charge on any atom is 0.303 e. The van der Waals surface area contributed by atoms with Gasteiger partial charge in [-0.05, 0) is 5.41 Å². The number of carbonyl (C=O) groups is 4. The number of alkyl halides is 3. The average molecular weight is 491 g/mol. The lowest BCUT2D eigenvalue weighted by Crippen LogP contribution is -2.69. The number of nitrogens with one attached hydrogen (secondary N) is 1. The molecule has 3 unspecified atom stereocenters. The summed E-state index contributed by atoms with van der Waals surface area (Å²) in [6.07, 6.45) is -4.19. The zero-order valence-corrected chi connectivity index (χ0v) is 19.8. The van der Waals surface area contributed by atoms with Crippen molar-refractivity contribution in [2.75, 3.05) is 6.61 Å². The summed E-state index contributed by atoms with van der Waals surface area (Å²) in [5.41, 5.74) is -0.625. The van der Waals surface area contributed by atoms with Gasteiger partial charge in [-0.15, -0.1) is 0 Å². The van der Waals surface area contributed by atoms with Crippen molar-refractivity contribution in [1.82, 2.24) is 5.32 Å². The van der Waals surface area contributed by atoms with Gasteiger partial charge in [-0.25, -0.2) is 0 Å². The quantitative estimate of drug-likeness (QED) is 0.354. The number of rotatable bonds is 5. The number of hydrogen-bond acceptors (Lipinski definition) is 8. The minimum absolute atomic E-state index is 0.275. The lowest BCUT2D eigenvalue weighted by molar-refractivity contribution is -0.237. The number of hydrogen-bond donors (Lipinski definition) is 1. The van der Waals surface area contributed by atoms with Crippen molar-refractivity contribution in [1.29, 1.82) is 0 Å². The Hall–Kier alpha value is -1.29. The van der Waals surface area contributed by atoms with Gasteiger partial charge in [0.1, 0.15) is 12.7 Å². The second kappa shape index (κ2) is 10.3. The van der Waals surface area contributed by atoms with Crippen LogP contribution >= 0.6 is 34.8 Å². The molecule has 0 spiro atoms. The van der Waals surface area contributed by atoms with Gasteiger partial charge in [0.05, 0.1) is 12.1 Å². The highest BCUT2D eigenvalue weighted by atomic mass is 35.6. The first-order valence-electron chi connectivity index (χ1n) is 9.05. The molecule has 1 heterocycles. The third kappa shape index (κ3) is 7.76. The standard InChI is InChI=1S/C18H26Cl3NO8/c1-8(23)27-7-11-13(28-9(2)24)14(29-10(3)25)12(15(30-11)17(4,5)6)22-16(26)18(19,20)21/h11-15H,7H2,1-6H3,(H,22,26)/t11?,12?,13-,14?,15-/m1/s1. The van der Waals surface area contributed by atoms with Gasteiger partial charge in [0.2, 0.25) is 0 Å². The number of halogens is 3. The van der Waals surface area contributed by atoms with E-state index in [4.69, 9.17) is 53.8 Å². The van der Waals surface area contributed by atoms with Crippen LogP contribution in [0.15, 0.2) is 0 Å². The van der Waals surface area contributed by atoms with Gasteiger partial charge in [-0.3, -0.25) is 19.2 Å². The third-order valence-electron chi connectivity index (χ3n) is 4.16. The second-order valence-corrected chi connectivity index (χ2v) is 10.2. The van der Waals surface area contributed by atoms with E-state index < -0.39 is 63.5 Å². The molecule has 5 atom stereocenters. The highest BCUT2D eigenvalue weighted by Crippen LogP contribution is 2.37. The molecular weight excluding hydrogens is 465 g/mol. The van der Waals surface area contributed by atoms with Crippen LogP contribution in [0.1, 0.15) is 41.5 Å². The largest absolute Gasteiger partial charge is 0.463 e. The van der Waals surface area contributed by atoms with Crippen molar-refractivity contribution in [2.24, 2.45) is 5.41 Å². The van der Waals surface area contributed by atoms with E-state index in [1.54, 1.807) is 0 Å². The smallest absolute Gasteiger partial charge is 0.303 e. The third-order valence-corrected chi connectivity index (χ3v) is 4.67. The van der Waals surface area contributed by atoms with Gasteiger partial charge >= 0.3 is 17.9 Å². The lowest BCUT2D eigenvalue weighted by atomic mass is 9.78. The molecule has 0 aromatic heterocycles. The SMILES string of the molecule is CC(=O)OCC1O[C@@H](C(C)(C)C)C(NC(=O)C(Cl)(Cl)Cl)C(OC(C)=O)[C@@H]1OC(C)=O. The summed E-state index contributed by atoms with van der Waals surface area (Å²) in [5.74, 6) is -2.96. The summed E-state index contributed by atoms with van der Waals surface area (Å²) in [6.45, 7) is 8.67. The summed E-state index contributed by atoms with van der Waals surface area (Å²) in [4.78, 5) is 47.2. The molecule has 0 bridgehead atoms. The van der Waals surface area contributed by atoms with E-state index in [-0.39, 0.29) is 6.61 Å². The highest BCUT2D eigenvalue weighted by Gasteiger charge is 2.54. The van der Waals surface area contributed by atoms with Gasteiger partial charge in [0.15, 0.2) is 12.2 Å². The van der Waals surface area contributed by atoms with E-state index in [1.165, 1.54) is 6.92 Å². The van der Waals surface area contributed by atoms with Crippen LogP contribution in [-0.2, 0) is 38.1 Å². The van der Waals surface area contributed by atoms with Crippen molar-refractivity contribution in [3.8, 4) is 0 Å². The fourth-order valence-electron chi connectivity index (χ4n) is 3.07. The van der Waals surface area contributed by atoms with Crippen molar-refractivity contribution in [3.05, 3.63) is 0 Å². The Kier molecular flexibility index (Phi) is 9.22. The maximum atomic E-state index is 12.4. The number of ether oxygens (including phenoxy) is 4. The Morgan fingerprint density at radius 1 is 0.900 bits per heavy atom. The summed E-state index contributed by atoms with van der Waals surface area (Å²) in [6, 6.07) is -1.05. The van der Waals surface area contributed by atoms with Crippen molar-refractivity contribution >= 4 is 58.6 Å². The molecular formula is C18H26Cl3NO8. The Labute approximate surface area is 189 Å². The fraction of sp³-hybridized carbons (Fsp3) is 0.778. The molecule has 0 aromatic rings. The zero-order valence-electron chi connectivity index (χ0n) is 17.5. The maximum absolute atomic E-state index is 12.4. The van der Waals surface area contributed by atoms with Crippen LogP contribution in [0, 0.1) is 5.41 Å². The van der Waals surface area contributed by atoms with Gasteiger partial charge in [0, 0.05) is 20.8 Å². The van der Waals surface area contributed by atoms with Crippen LogP contribution in [0.5, 0.6) is 0 Å². The van der Waals surface area contributed by atoms with Crippen LogP contribution in [0.2, 0.25) is 0 Å². The Morgan fingerprint density at radius 3 is 1.80 bits per heavy atom. The minimum Gasteiger partial charge on any atom is -0.463 e. The molecule has 0 aliphatic carbocycles. The second-order valence-electron chi connectivity index (χ2n) is 7.91. The normalized spacial score (nSPS) is 27.0. The number of amides is 1. The molecule has 1 aliphatic rings. The topological polar surface area (TPSA) is 117 Å². The molecule has 0 aromatic carbocycles. The molecule has 172 valence electrons. The van der Waals surface area contributed by atoms with Crippen molar-refractivity contribution in [3.63, 3.8) is 0 Å². The number of carbonyl (C=O) groups excluding carboxylic acids is 4. The first-order chi connectivity index (χ1) is 13.5. The Morgan fingerprint density at radius 2 is 1.40 bits per heavy atom. The summed E-state index contributed by atoms with van der Waals surface area (Å²) in [5, 5.41) is 2.52. The minimum atomic E-state index is -2.30. The van der Waals surface area contributed by atoms with Gasteiger partial charge < -0.3 is 24.3 Å². The molecule has 9 nitrogen and oxygen atoms in total. The monoisotopic (exact) mass is 489 g/mol. The molecule has 12 heteroatoms. The van der Waals surface area contributed by atoms with Crippen LogP contribution in [0.3, 0.4) is 0 Å². The van der Waals surface area contributed by atoms with Gasteiger partial charge in [-0.1, -0.05) is 55.6 Å². The first-order valence-corrected chi connectivity index (χ1v) is 10.2. The molecule has 1 fully saturated rings. The Bertz CT molecular complexity index is 673. The van der Waals surface area contributed by atoms with E-state index in [0.29, 0.717) is 0 Å². The molecule has 1 aliphatic heterocycles. The van der Waals surface area contributed by atoms with E-state index in [9.17, 15) is 19.2 Å². The summed E-state index contributed by atoms with van der Waals surface area (Å²) >= 11 is 17.0. The summed E-state index contributed by atoms with van der Waals surface area (Å²) in [7, 11) is 0. The van der Waals surface area contributed by atoms with Crippen LogP contribution in [0.25, 0.3) is 0 Å². The molecule has 1 rings (SSSR count). The van der Waals surface area contributed by atoms with E-state index in [2.05, 4.69) is 5.32 Å². The van der Waals surface area contributed by atoms with E-state index in [1.807, 2.05) is 20.8 Å². The van der Waals surface area contributed by atoms with Gasteiger partial charge in [-0.2, -0.15) is 0 Å². The van der Waals surface area contributed by atoms with Crippen LogP contribution in [0.4, 0.5) is 0 Å². The molecule has 1 saturated heterocycles. The fourth-order valence-corrected chi connectivity index (χ4v) is 3.24. The summed E-state index contributed by atoms with van der Waals surface area (Å²) < 4.78 is 19.5. The van der Waals surface area contributed by atoms with Crippen molar-refractivity contribution in [2.45, 2.75) is 75.8 Å². The van der Waals surface area contributed by atoms with Crippen LogP contribution < -0.4 is 5.32 Å². The number of esters is 3. The Balaban J connectivity index is 3.46. The molecule has 1 amide bonds. The molecule has 1 N–H and O–H groups in total. The predicted octanol–water partition coefficient (Wildman–Crippen LogP) is 2.08.